The number of phenols is 1. The normalized spacial score (nSPS) is 11.4. The quantitative estimate of drug-likeness (QED) is 0.453. The van der Waals surface area contributed by atoms with Gasteiger partial charge in [-0.05, 0) is 30.3 Å². The summed E-state index contributed by atoms with van der Waals surface area (Å²) in [5, 5.41) is 20.8. The Morgan fingerprint density at radius 2 is 1.77 bits per heavy atom. The summed E-state index contributed by atoms with van der Waals surface area (Å²) in [5.74, 6) is 0.229. The van der Waals surface area contributed by atoms with Crippen LogP contribution < -0.4 is 0 Å². The highest BCUT2D eigenvalue weighted by Gasteiger charge is 2.15. The number of rotatable bonds is 2. The molecule has 3 N–H and O–H groups in total. The van der Waals surface area contributed by atoms with E-state index in [1.165, 1.54) is 6.20 Å². The van der Waals surface area contributed by atoms with E-state index in [0.29, 0.717) is 17.0 Å². The molecule has 0 atom stereocenters. The van der Waals surface area contributed by atoms with E-state index in [2.05, 4.69) is 9.97 Å². The molecule has 6 heteroatoms. The summed E-state index contributed by atoms with van der Waals surface area (Å²) in [4.78, 5) is 12.3. The predicted octanol–water partition coefficient (Wildman–Crippen LogP) is 3.96. The van der Waals surface area contributed by atoms with Gasteiger partial charge >= 0.3 is 0 Å². The predicted molar refractivity (Wildman–Crippen MR) is 99.0 cm³/mol. The van der Waals surface area contributed by atoms with E-state index in [1.54, 1.807) is 34.9 Å². The first-order valence-electron chi connectivity index (χ1n) is 8.14. The molecule has 3 aromatic heterocycles. The molecule has 0 aliphatic carbocycles. The van der Waals surface area contributed by atoms with Crippen molar-refractivity contribution in [3.05, 3.63) is 67.1 Å². The lowest BCUT2D eigenvalue weighted by Gasteiger charge is -2.08. The Kier molecular flexibility index (Phi) is 2.99. The summed E-state index contributed by atoms with van der Waals surface area (Å²) in [6.07, 6.45) is 5.09. The number of benzene rings is 2. The number of nitrogens with zero attached hydrogens (tertiary/aromatic N) is 3. The molecule has 0 radical (unpaired) electrons. The summed E-state index contributed by atoms with van der Waals surface area (Å²) >= 11 is 0. The van der Waals surface area contributed by atoms with E-state index >= 15 is 0 Å². The Hall–Kier alpha value is -3.80. The minimum Gasteiger partial charge on any atom is -0.508 e. The number of aromatic nitrogens is 4. The minimum absolute atomic E-state index is 0.0449. The molecule has 0 fully saturated rings. The zero-order valence-corrected chi connectivity index (χ0v) is 13.6. The van der Waals surface area contributed by atoms with Gasteiger partial charge in [0.05, 0.1) is 11.9 Å². The van der Waals surface area contributed by atoms with Gasteiger partial charge in [-0.1, -0.05) is 18.2 Å². The molecule has 0 aliphatic rings. The lowest BCUT2D eigenvalue weighted by atomic mass is 10.1. The molecule has 2 aromatic carbocycles. The van der Waals surface area contributed by atoms with Gasteiger partial charge in [-0.15, -0.1) is 0 Å². The molecule has 0 bridgehead atoms. The van der Waals surface area contributed by atoms with Crippen molar-refractivity contribution in [1.82, 2.24) is 19.4 Å². The maximum absolute atomic E-state index is 10.2. The lowest BCUT2D eigenvalue weighted by Crippen LogP contribution is -1.96. The van der Waals surface area contributed by atoms with Crippen LogP contribution in [0.4, 0.5) is 0 Å². The molecule has 126 valence electrons. The van der Waals surface area contributed by atoms with Gasteiger partial charge in [0.2, 0.25) is 5.88 Å². The average molecular weight is 342 g/mol. The second-order valence-electron chi connectivity index (χ2n) is 6.08. The van der Waals surface area contributed by atoms with Crippen LogP contribution in [0.25, 0.3) is 39.1 Å². The van der Waals surface area contributed by atoms with Crippen LogP contribution in [0.3, 0.4) is 0 Å². The van der Waals surface area contributed by atoms with Crippen LogP contribution in [-0.2, 0) is 0 Å². The van der Waals surface area contributed by atoms with E-state index in [4.69, 9.17) is 4.98 Å². The Labute approximate surface area is 148 Å². The Balaban J connectivity index is 1.81. The largest absolute Gasteiger partial charge is 0.508 e. The smallest absolute Gasteiger partial charge is 0.216 e. The lowest BCUT2D eigenvalue weighted by molar-refractivity contribution is 0.448. The van der Waals surface area contributed by atoms with Gasteiger partial charge in [-0.2, -0.15) is 0 Å². The van der Waals surface area contributed by atoms with Crippen molar-refractivity contribution in [2.75, 3.05) is 0 Å². The molecular weight excluding hydrogens is 328 g/mol. The molecule has 0 aliphatic heterocycles. The third kappa shape index (κ3) is 2.12. The van der Waals surface area contributed by atoms with Crippen molar-refractivity contribution in [3.8, 4) is 34.1 Å². The number of aromatic amines is 1. The molecule has 5 rings (SSSR count). The molecular formula is C20H14N4O2. The topological polar surface area (TPSA) is 86.4 Å². The first kappa shape index (κ1) is 14.5. The van der Waals surface area contributed by atoms with Gasteiger partial charge < -0.3 is 15.2 Å². The number of phenolic OH excluding ortho intramolecular Hbond substituents is 1. The van der Waals surface area contributed by atoms with Crippen LogP contribution in [0.1, 0.15) is 0 Å². The highest BCUT2D eigenvalue weighted by Crippen LogP contribution is 2.32. The number of aromatic hydroxyl groups is 2. The molecule has 6 nitrogen and oxygen atoms in total. The van der Waals surface area contributed by atoms with Crippen LogP contribution in [-0.4, -0.2) is 29.6 Å². The minimum atomic E-state index is 0.0449. The van der Waals surface area contributed by atoms with Crippen LogP contribution >= 0.6 is 0 Å². The van der Waals surface area contributed by atoms with Gasteiger partial charge in [0.25, 0.3) is 0 Å². The number of H-pyrrole nitrogens is 1. The molecule has 26 heavy (non-hydrogen) atoms. The van der Waals surface area contributed by atoms with Crippen LogP contribution in [0.15, 0.2) is 67.1 Å². The standard InChI is InChI=1S/C20H14N4O2/c25-13-7-5-12(6-8-13)19-20-22-10-18(26)24(20)11-17(23-19)15-9-21-16-4-2-1-3-14(15)16/h1-11,21,25-26H. The number of hydrogen-bond donors (Lipinski definition) is 3. The summed E-state index contributed by atoms with van der Waals surface area (Å²) in [6, 6.07) is 14.8. The Bertz CT molecular complexity index is 1250. The molecule has 0 amide bonds. The fourth-order valence-electron chi connectivity index (χ4n) is 3.20. The van der Waals surface area contributed by atoms with Crippen molar-refractivity contribution in [2.45, 2.75) is 0 Å². The summed E-state index contributed by atoms with van der Waals surface area (Å²) in [5.41, 5.74) is 4.66. The third-order valence-corrected chi connectivity index (χ3v) is 4.48. The fourth-order valence-corrected chi connectivity index (χ4v) is 3.20. The van der Waals surface area contributed by atoms with Crippen LogP contribution in [0, 0.1) is 0 Å². The SMILES string of the molecule is Oc1ccc(-c2nc(-c3c[nH]c4ccccc34)cn3c(O)cnc23)cc1. The van der Waals surface area contributed by atoms with E-state index < -0.39 is 0 Å². The summed E-state index contributed by atoms with van der Waals surface area (Å²) < 4.78 is 1.62. The Morgan fingerprint density at radius 1 is 0.962 bits per heavy atom. The van der Waals surface area contributed by atoms with E-state index in [9.17, 15) is 10.2 Å². The molecule has 0 saturated heterocycles. The highest BCUT2D eigenvalue weighted by atomic mass is 16.3. The van der Waals surface area contributed by atoms with Crippen LogP contribution in [0.2, 0.25) is 0 Å². The van der Waals surface area contributed by atoms with E-state index in [1.807, 2.05) is 30.5 Å². The maximum Gasteiger partial charge on any atom is 0.216 e. The molecule has 3 heterocycles. The zero-order valence-electron chi connectivity index (χ0n) is 13.6. The Morgan fingerprint density at radius 3 is 2.62 bits per heavy atom. The number of nitrogens with one attached hydrogen (secondary N) is 1. The number of para-hydroxylation sites is 1. The van der Waals surface area contributed by atoms with Crippen molar-refractivity contribution in [3.63, 3.8) is 0 Å². The van der Waals surface area contributed by atoms with Crippen molar-refractivity contribution in [2.24, 2.45) is 0 Å². The van der Waals surface area contributed by atoms with Crippen molar-refractivity contribution < 1.29 is 10.2 Å². The van der Waals surface area contributed by atoms with E-state index in [-0.39, 0.29) is 11.6 Å². The maximum atomic E-state index is 10.2. The van der Waals surface area contributed by atoms with E-state index in [0.717, 1.165) is 22.0 Å². The van der Waals surface area contributed by atoms with Crippen molar-refractivity contribution >= 4 is 16.6 Å². The summed E-state index contributed by atoms with van der Waals surface area (Å²) in [6.45, 7) is 0. The van der Waals surface area contributed by atoms with Gasteiger partial charge in [0.15, 0.2) is 5.65 Å². The van der Waals surface area contributed by atoms with Crippen LogP contribution in [0.5, 0.6) is 11.6 Å². The number of imidazole rings is 1. The van der Waals surface area contributed by atoms with Gasteiger partial charge in [0.1, 0.15) is 11.4 Å². The molecule has 0 spiro atoms. The second kappa shape index (κ2) is 5.35. The monoisotopic (exact) mass is 342 g/mol. The first-order chi connectivity index (χ1) is 12.7. The fraction of sp³-hybridized carbons (Fsp3) is 0. The van der Waals surface area contributed by atoms with Gasteiger partial charge in [0, 0.05) is 34.4 Å². The summed E-state index contributed by atoms with van der Waals surface area (Å²) in [7, 11) is 0. The average Bonchev–Trinajstić information content (AvgIpc) is 3.26. The second-order valence-corrected chi connectivity index (χ2v) is 6.08. The highest BCUT2D eigenvalue weighted by molar-refractivity contribution is 5.95. The molecule has 0 saturated carbocycles. The van der Waals surface area contributed by atoms with Gasteiger partial charge in [-0.25, -0.2) is 9.97 Å². The number of fused-ring (bicyclic) bond motifs is 2. The first-order valence-corrected chi connectivity index (χ1v) is 8.14. The molecule has 5 aromatic rings. The molecule has 0 unspecified atom stereocenters. The third-order valence-electron chi connectivity index (χ3n) is 4.48. The van der Waals surface area contributed by atoms with Crippen molar-refractivity contribution in [1.29, 1.82) is 0 Å². The number of hydrogen-bond acceptors (Lipinski definition) is 4. The van der Waals surface area contributed by atoms with Gasteiger partial charge in [-0.3, -0.25) is 4.40 Å². The zero-order chi connectivity index (χ0) is 17.7.